The number of hydrogen-bond donors (Lipinski definition) is 1. The first-order valence-electron chi connectivity index (χ1n) is 10.4. The molecule has 158 valence electrons. The molecule has 4 rings (SSSR count). The van der Waals surface area contributed by atoms with Crippen LogP contribution in [0.1, 0.15) is 31.4 Å². The molecule has 0 aromatic heterocycles. The van der Waals surface area contributed by atoms with Crippen LogP contribution in [0.4, 0.5) is 5.69 Å². The van der Waals surface area contributed by atoms with E-state index in [1.54, 1.807) is 13.0 Å². The number of carbonyl (C=O) groups excluding carboxylic acids is 2. The molecular formula is C23H26ClN3O3. The second-order valence-electron chi connectivity index (χ2n) is 7.74. The molecule has 1 N–H and O–H groups in total. The first kappa shape index (κ1) is 20.7. The molecule has 2 atom stereocenters. The summed E-state index contributed by atoms with van der Waals surface area (Å²) in [6.45, 7) is 4.07. The van der Waals surface area contributed by atoms with E-state index in [9.17, 15) is 9.59 Å². The second kappa shape index (κ2) is 9.06. The van der Waals surface area contributed by atoms with Crippen LogP contribution in [0.25, 0.3) is 0 Å². The van der Waals surface area contributed by atoms with Gasteiger partial charge in [-0.1, -0.05) is 41.9 Å². The number of rotatable bonds is 6. The van der Waals surface area contributed by atoms with Gasteiger partial charge in [-0.2, -0.15) is 0 Å². The highest BCUT2D eigenvalue weighted by molar-refractivity contribution is 6.31. The number of hydrogen-bond acceptors (Lipinski definition) is 4. The van der Waals surface area contributed by atoms with Gasteiger partial charge in [0, 0.05) is 11.6 Å². The fourth-order valence-corrected chi connectivity index (χ4v) is 4.43. The molecule has 0 radical (unpaired) electrons. The number of para-hydroxylation sites is 2. The quantitative estimate of drug-likeness (QED) is 0.767. The molecule has 30 heavy (non-hydrogen) atoms. The molecule has 2 amide bonds. The molecule has 0 saturated carbocycles. The summed E-state index contributed by atoms with van der Waals surface area (Å²) in [5.41, 5.74) is 1.64. The summed E-state index contributed by atoms with van der Waals surface area (Å²) in [6, 6.07) is 15.1. The van der Waals surface area contributed by atoms with E-state index in [1.165, 1.54) is 4.90 Å². The second-order valence-corrected chi connectivity index (χ2v) is 8.14. The third kappa shape index (κ3) is 4.30. The van der Waals surface area contributed by atoms with E-state index in [-0.39, 0.29) is 24.4 Å². The number of nitrogens with one attached hydrogen (secondary N) is 1. The topological polar surface area (TPSA) is 61.9 Å². The summed E-state index contributed by atoms with van der Waals surface area (Å²) in [4.78, 5) is 29.3. The van der Waals surface area contributed by atoms with Gasteiger partial charge < -0.3 is 10.1 Å². The van der Waals surface area contributed by atoms with Crippen molar-refractivity contribution in [3.8, 4) is 5.75 Å². The van der Waals surface area contributed by atoms with Crippen LogP contribution >= 0.6 is 11.6 Å². The molecule has 7 heteroatoms. The van der Waals surface area contributed by atoms with Crippen molar-refractivity contribution >= 4 is 29.1 Å². The Labute approximate surface area is 181 Å². The van der Waals surface area contributed by atoms with Crippen molar-refractivity contribution in [1.82, 2.24) is 10.2 Å². The fraction of sp³-hybridized carbons (Fsp3) is 0.391. The normalized spacial score (nSPS) is 19.9. The van der Waals surface area contributed by atoms with Gasteiger partial charge in [-0.15, -0.1) is 0 Å². The Kier molecular flexibility index (Phi) is 6.25. The average Bonchev–Trinajstić information content (AvgIpc) is 3.27. The van der Waals surface area contributed by atoms with Gasteiger partial charge in [0.1, 0.15) is 12.3 Å². The molecule has 2 unspecified atom stereocenters. The molecular weight excluding hydrogens is 402 g/mol. The largest absolute Gasteiger partial charge is 0.479 e. The third-order valence-corrected chi connectivity index (χ3v) is 6.06. The number of carbonyl (C=O) groups is 2. The molecule has 2 heterocycles. The van der Waals surface area contributed by atoms with Gasteiger partial charge in [-0.05, 0) is 56.6 Å². The molecule has 0 spiro atoms. The van der Waals surface area contributed by atoms with E-state index >= 15 is 0 Å². The van der Waals surface area contributed by atoms with E-state index < -0.39 is 6.10 Å². The summed E-state index contributed by atoms with van der Waals surface area (Å²) >= 11 is 6.45. The maximum absolute atomic E-state index is 12.8. The molecule has 6 nitrogen and oxygen atoms in total. The Bertz CT molecular complexity index is 929. The van der Waals surface area contributed by atoms with Crippen molar-refractivity contribution in [2.75, 3.05) is 31.1 Å². The van der Waals surface area contributed by atoms with Crippen molar-refractivity contribution in [3.63, 3.8) is 0 Å². The lowest BCUT2D eigenvalue weighted by atomic mass is 10.1. The molecule has 2 aliphatic rings. The van der Waals surface area contributed by atoms with Crippen molar-refractivity contribution < 1.29 is 14.3 Å². The van der Waals surface area contributed by atoms with E-state index in [0.29, 0.717) is 23.0 Å². The Morgan fingerprint density at radius 3 is 2.63 bits per heavy atom. The number of nitrogens with zero attached hydrogens (tertiary/aromatic N) is 2. The first-order chi connectivity index (χ1) is 14.5. The fourth-order valence-electron chi connectivity index (χ4n) is 4.17. The third-order valence-electron chi connectivity index (χ3n) is 5.71. The Morgan fingerprint density at radius 2 is 1.87 bits per heavy atom. The van der Waals surface area contributed by atoms with Gasteiger partial charge in [0.05, 0.1) is 11.7 Å². The minimum Gasteiger partial charge on any atom is -0.479 e. The standard InChI is InChI=1S/C23H26ClN3O3/c1-16-23(29)27(19-10-4-5-11-21(19)30-16)15-22(28)25-14-20(26-12-6-7-13-26)17-8-2-3-9-18(17)24/h2-5,8-11,16,20H,6-7,12-15H2,1H3,(H,25,28). The minimum absolute atomic E-state index is 0.0109. The summed E-state index contributed by atoms with van der Waals surface area (Å²) in [6.07, 6.45) is 1.67. The van der Waals surface area contributed by atoms with E-state index in [2.05, 4.69) is 10.2 Å². The van der Waals surface area contributed by atoms with Gasteiger partial charge in [0.15, 0.2) is 6.10 Å². The number of likely N-dealkylation sites (tertiary alicyclic amines) is 1. The Morgan fingerprint density at radius 1 is 1.17 bits per heavy atom. The van der Waals surface area contributed by atoms with Crippen LogP contribution in [0.2, 0.25) is 5.02 Å². The van der Waals surface area contributed by atoms with Gasteiger partial charge >= 0.3 is 0 Å². The highest BCUT2D eigenvalue weighted by Gasteiger charge is 2.33. The highest BCUT2D eigenvalue weighted by Crippen LogP contribution is 2.33. The molecule has 0 bridgehead atoms. The Hall–Kier alpha value is -2.57. The molecule has 2 aromatic carbocycles. The van der Waals surface area contributed by atoms with Crippen LogP contribution in [0, 0.1) is 0 Å². The number of ether oxygens (including phenoxy) is 1. The van der Waals surface area contributed by atoms with Crippen molar-refractivity contribution in [1.29, 1.82) is 0 Å². The predicted molar refractivity (Wildman–Crippen MR) is 117 cm³/mol. The number of halogens is 1. The van der Waals surface area contributed by atoms with Crippen LogP contribution < -0.4 is 15.0 Å². The number of amides is 2. The van der Waals surface area contributed by atoms with E-state index in [1.807, 2.05) is 42.5 Å². The minimum atomic E-state index is -0.617. The molecule has 1 fully saturated rings. The zero-order chi connectivity index (χ0) is 21.1. The SMILES string of the molecule is CC1Oc2ccccc2N(CC(=O)NCC(c2ccccc2Cl)N2CCCC2)C1=O. The van der Waals surface area contributed by atoms with Crippen LogP contribution in [-0.2, 0) is 9.59 Å². The summed E-state index contributed by atoms with van der Waals surface area (Å²) in [5.74, 6) is 0.193. The van der Waals surface area contributed by atoms with Crippen LogP contribution in [-0.4, -0.2) is 49.0 Å². The van der Waals surface area contributed by atoms with Crippen molar-refractivity contribution in [2.45, 2.75) is 31.9 Å². The zero-order valence-electron chi connectivity index (χ0n) is 17.0. The lowest BCUT2D eigenvalue weighted by molar-refractivity contribution is -0.128. The van der Waals surface area contributed by atoms with E-state index in [4.69, 9.17) is 16.3 Å². The Balaban J connectivity index is 1.46. The maximum atomic E-state index is 12.8. The zero-order valence-corrected chi connectivity index (χ0v) is 17.8. The van der Waals surface area contributed by atoms with Crippen molar-refractivity contribution in [3.05, 3.63) is 59.1 Å². The van der Waals surface area contributed by atoms with Gasteiger partial charge in [0.2, 0.25) is 5.91 Å². The summed E-state index contributed by atoms with van der Waals surface area (Å²) in [7, 11) is 0. The number of anilines is 1. The van der Waals surface area contributed by atoms with Crippen LogP contribution in [0.5, 0.6) is 5.75 Å². The van der Waals surface area contributed by atoms with E-state index in [0.717, 1.165) is 31.5 Å². The lowest BCUT2D eigenvalue weighted by Gasteiger charge is -2.33. The van der Waals surface area contributed by atoms with Crippen LogP contribution in [0.3, 0.4) is 0 Å². The number of fused-ring (bicyclic) bond motifs is 1. The lowest BCUT2D eigenvalue weighted by Crippen LogP contribution is -2.49. The average molecular weight is 428 g/mol. The number of benzene rings is 2. The van der Waals surface area contributed by atoms with Crippen molar-refractivity contribution in [2.24, 2.45) is 0 Å². The monoisotopic (exact) mass is 427 g/mol. The summed E-state index contributed by atoms with van der Waals surface area (Å²) in [5, 5.41) is 3.73. The molecule has 0 aliphatic carbocycles. The first-order valence-corrected chi connectivity index (χ1v) is 10.7. The van der Waals surface area contributed by atoms with Crippen LogP contribution in [0.15, 0.2) is 48.5 Å². The molecule has 2 aliphatic heterocycles. The molecule has 1 saturated heterocycles. The smallest absolute Gasteiger partial charge is 0.268 e. The maximum Gasteiger partial charge on any atom is 0.268 e. The predicted octanol–water partition coefficient (Wildman–Crippen LogP) is 3.41. The molecule has 2 aromatic rings. The van der Waals surface area contributed by atoms with Gasteiger partial charge in [0.25, 0.3) is 5.91 Å². The van der Waals surface area contributed by atoms with Gasteiger partial charge in [-0.25, -0.2) is 0 Å². The highest BCUT2D eigenvalue weighted by atomic mass is 35.5. The summed E-state index contributed by atoms with van der Waals surface area (Å²) < 4.78 is 5.65. The van der Waals surface area contributed by atoms with Gasteiger partial charge in [-0.3, -0.25) is 19.4 Å².